The molecular weight excluding hydrogens is 274 g/mol. The summed E-state index contributed by atoms with van der Waals surface area (Å²) in [4.78, 5) is 22.8. The molecule has 0 aliphatic rings. The van der Waals surface area contributed by atoms with Crippen molar-refractivity contribution in [3.05, 3.63) is 53.5 Å². The second-order valence-electron chi connectivity index (χ2n) is 4.36. The summed E-state index contributed by atoms with van der Waals surface area (Å²) in [5.74, 6) is -1.68. The fourth-order valence-electron chi connectivity index (χ4n) is 1.82. The summed E-state index contributed by atoms with van der Waals surface area (Å²) in [6, 6.07) is 8.52. The fraction of sp³-hybridized carbons (Fsp3) is 0.200. The lowest BCUT2D eigenvalue weighted by Gasteiger charge is -2.09. The number of hydrogen-bond donors (Lipinski definition) is 2. The van der Waals surface area contributed by atoms with Gasteiger partial charge >= 0.3 is 5.97 Å². The third-order valence-electron chi connectivity index (χ3n) is 2.91. The van der Waals surface area contributed by atoms with Gasteiger partial charge in [-0.05, 0) is 18.1 Å². The first-order valence-electron chi connectivity index (χ1n) is 6.32. The zero-order valence-electron chi connectivity index (χ0n) is 11.5. The number of carboxylic acids is 1. The lowest BCUT2D eigenvalue weighted by Crippen LogP contribution is -2.13. The molecule has 0 aliphatic heterocycles. The number of carbonyl (C=O) groups is 2. The molecule has 0 fully saturated rings. The van der Waals surface area contributed by atoms with Crippen LogP contribution >= 0.6 is 0 Å². The quantitative estimate of drug-likeness (QED) is 0.852. The molecule has 6 heteroatoms. The SMILES string of the molecule is COCCc1ccccc1NC(=O)c1cc(C(=O)O)co1. The van der Waals surface area contributed by atoms with Gasteiger partial charge in [-0.25, -0.2) is 4.79 Å². The van der Waals surface area contributed by atoms with E-state index in [9.17, 15) is 9.59 Å². The maximum atomic E-state index is 12.0. The molecule has 1 heterocycles. The van der Waals surface area contributed by atoms with Gasteiger partial charge in [0.25, 0.3) is 5.91 Å². The number of amides is 1. The van der Waals surface area contributed by atoms with Gasteiger partial charge in [-0.3, -0.25) is 4.79 Å². The van der Waals surface area contributed by atoms with Crippen molar-refractivity contribution >= 4 is 17.6 Å². The molecule has 2 N–H and O–H groups in total. The van der Waals surface area contributed by atoms with Crippen LogP contribution in [0.5, 0.6) is 0 Å². The van der Waals surface area contributed by atoms with E-state index < -0.39 is 11.9 Å². The molecule has 21 heavy (non-hydrogen) atoms. The molecule has 0 unspecified atom stereocenters. The van der Waals surface area contributed by atoms with Gasteiger partial charge in [0.15, 0.2) is 5.76 Å². The summed E-state index contributed by atoms with van der Waals surface area (Å²) in [5, 5.41) is 11.5. The van der Waals surface area contributed by atoms with Gasteiger partial charge in [0.2, 0.25) is 0 Å². The second kappa shape index (κ2) is 6.71. The smallest absolute Gasteiger partial charge is 0.338 e. The highest BCUT2D eigenvalue weighted by Gasteiger charge is 2.15. The van der Waals surface area contributed by atoms with E-state index in [1.54, 1.807) is 19.2 Å². The Morgan fingerprint density at radius 3 is 2.76 bits per heavy atom. The van der Waals surface area contributed by atoms with Gasteiger partial charge in [-0.1, -0.05) is 18.2 Å². The van der Waals surface area contributed by atoms with E-state index in [1.807, 2.05) is 12.1 Å². The van der Waals surface area contributed by atoms with E-state index in [0.717, 1.165) is 11.8 Å². The molecule has 110 valence electrons. The van der Waals surface area contributed by atoms with Gasteiger partial charge in [-0.15, -0.1) is 0 Å². The number of aromatic carboxylic acids is 1. The Bertz CT molecular complexity index is 647. The summed E-state index contributed by atoms with van der Waals surface area (Å²) in [6.07, 6.45) is 1.69. The van der Waals surface area contributed by atoms with Gasteiger partial charge in [0.05, 0.1) is 12.2 Å². The van der Waals surface area contributed by atoms with Gasteiger partial charge in [0.1, 0.15) is 6.26 Å². The highest BCUT2D eigenvalue weighted by Crippen LogP contribution is 2.18. The van der Waals surface area contributed by atoms with Crippen LogP contribution in [0.15, 0.2) is 41.0 Å². The second-order valence-corrected chi connectivity index (χ2v) is 4.36. The van der Waals surface area contributed by atoms with Crippen molar-refractivity contribution in [1.29, 1.82) is 0 Å². The summed E-state index contributed by atoms with van der Waals surface area (Å²) >= 11 is 0. The first-order valence-corrected chi connectivity index (χ1v) is 6.32. The maximum Gasteiger partial charge on any atom is 0.338 e. The Kier molecular flexibility index (Phi) is 4.73. The Morgan fingerprint density at radius 1 is 1.33 bits per heavy atom. The third kappa shape index (κ3) is 3.70. The van der Waals surface area contributed by atoms with E-state index in [0.29, 0.717) is 18.7 Å². The van der Waals surface area contributed by atoms with Crippen LogP contribution in [0, 0.1) is 0 Å². The molecule has 1 amide bonds. The fourth-order valence-corrected chi connectivity index (χ4v) is 1.82. The van der Waals surface area contributed by atoms with E-state index in [4.69, 9.17) is 14.3 Å². The number of benzene rings is 1. The maximum absolute atomic E-state index is 12.0. The molecule has 2 rings (SSSR count). The average Bonchev–Trinajstić information content (AvgIpc) is 2.96. The molecule has 0 aliphatic carbocycles. The summed E-state index contributed by atoms with van der Waals surface area (Å²) < 4.78 is 9.99. The van der Waals surface area contributed by atoms with E-state index >= 15 is 0 Å². The minimum absolute atomic E-state index is 0.0473. The summed E-state index contributed by atoms with van der Waals surface area (Å²) in [5.41, 5.74) is 1.51. The highest BCUT2D eigenvalue weighted by molar-refractivity contribution is 6.04. The van der Waals surface area contributed by atoms with E-state index in [1.165, 1.54) is 6.07 Å². The molecule has 1 aromatic carbocycles. The molecule has 0 saturated carbocycles. The number of carbonyl (C=O) groups excluding carboxylic acids is 1. The summed E-state index contributed by atoms with van der Waals surface area (Å²) in [6.45, 7) is 0.538. The zero-order valence-corrected chi connectivity index (χ0v) is 11.5. The van der Waals surface area contributed by atoms with Gasteiger partial charge in [0, 0.05) is 18.9 Å². The van der Waals surface area contributed by atoms with E-state index in [-0.39, 0.29) is 11.3 Å². The van der Waals surface area contributed by atoms with Crippen molar-refractivity contribution in [1.82, 2.24) is 0 Å². The Hall–Kier alpha value is -2.60. The number of nitrogens with one attached hydrogen (secondary N) is 1. The standard InChI is InChI=1S/C15H15NO5/c1-20-7-6-10-4-2-3-5-12(10)16-14(17)13-8-11(9-21-13)15(18)19/h2-5,8-9H,6-7H2,1H3,(H,16,17)(H,18,19). The molecule has 0 saturated heterocycles. The van der Waals surface area contributed by atoms with Crippen LogP contribution in [-0.4, -0.2) is 30.7 Å². The molecule has 2 aromatic rings. The number of furan rings is 1. The number of para-hydroxylation sites is 1. The minimum Gasteiger partial charge on any atom is -0.478 e. The Balaban J connectivity index is 2.13. The van der Waals surface area contributed by atoms with Crippen molar-refractivity contribution in [2.24, 2.45) is 0 Å². The van der Waals surface area contributed by atoms with Crippen LogP contribution < -0.4 is 5.32 Å². The van der Waals surface area contributed by atoms with Crippen molar-refractivity contribution in [2.75, 3.05) is 19.0 Å². The van der Waals surface area contributed by atoms with Crippen molar-refractivity contribution in [3.8, 4) is 0 Å². The van der Waals surface area contributed by atoms with Crippen LogP contribution in [0.4, 0.5) is 5.69 Å². The summed E-state index contributed by atoms with van der Waals surface area (Å²) in [7, 11) is 1.61. The molecule has 0 spiro atoms. The minimum atomic E-state index is -1.14. The Morgan fingerprint density at radius 2 is 2.10 bits per heavy atom. The number of rotatable bonds is 6. The number of methoxy groups -OCH3 is 1. The molecule has 0 bridgehead atoms. The monoisotopic (exact) mass is 289 g/mol. The van der Waals surface area contributed by atoms with Crippen molar-refractivity contribution in [2.45, 2.75) is 6.42 Å². The molecule has 6 nitrogen and oxygen atoms in total. The molecule has 1 aromatic heterocycles. The predicted molar refractivity (Wildman–Crippen MR) is 75.6 cm³/mol. The molecule has 0 atom stereocenters. The number of anilines is 1. The normalized spacial score (nSPS) is 10.3. The van der Waals surface area contributed by atoms with Crippen LogP contribution in [0.2, 0.25) is 0 Å². The highest BCUT2D eigenvalue weighted by atomic mass is 16.5. The first kappa shape index (κ1) is 14.8. The van der Waals surface area contributed by atoms with Gasteiger partial charge < -0.3 is 19.6 Å². The molecule has 0 radical (unpaired) electrons. The molecular formula is C15H15NO5. The van der Waals surface area contributed by atoms with Crippen LogP contribution in [0.3, 0.4) is 0 Å². The van der Waals surface area contributed by atoms with E-state index in [2.05, 4.69) is 5.32 Å². The number of hydrogen-bond acceptors (Lipinski definition) is 4. The number of ether oxygens (including phenoxy) is 1. The predicted octanol–water partition coefficient (Wildman–Crippen LogP) is 2.42. The van der Waals surface area contributed by atoms with Crippen LogP contribution in [-0.2, 0) is 11.2 Å². The first-order chi connectivity index (χ1) is 10.1. The van der Waals surface area contributed by atoms with Crippen LogP contribution in [0.25, 0.3) is 0 Å². The third-order valence-corrected chi connectivity index (χ3v) is 2.91. The largest absolute Gasteiger partial charge is 0.478 e. The lowest BCUT2D eigenvalue weighted by molar-refractivity contribution is 0.0696. The Labute approximate surface area is 121 Å². The van der Waals surface area contributed by atoms with Crippen molar-refractivity contribution in [3.63, 3.8) is 0 Å². The average molecular weight is 289 g/mol. The van der Waals surface area contributed by atoms with Gasteiger partial charge in [-0.2, -0.15) is 0 Å². The lowest BCUT2D eigenvalue weighted by atomic mass is 10.1. The topological polar surface area (TPSA) is 88.8 Å². The zero-order chi connectivity index (χ0) is 15.2. The number of carboxylic acid groups (broad SMARTS) is 1. The van der Waals surface area contributed by atoms with Crippen LogP contribution in [0.1, 0.15) is 26.5 Å². The van der Waals surface area contributed by atoms with Crippen molar-refractivity contribution < 1.29 is 23.8 Å².